The van der Waals surface area contributed by atoms with Crippen LogP contribution in [0.3, 0.4) is 0 Å². The van der Waals surface area contributed by atoms with E-state index in [1.165, 1.54) is 0 Å². The Labute approximate surface area is 148 Å². The molecule has 0 bridgehead atoms. The van der Waals surface area contributed by atoms with Crippen LogP contribution in [0.2, 0.25) is 0 Å². The van der Waals surface area contributed by atoms with Crippen molar-refractivity contribution < 1.29 is 14.3 Å². The lowest BCUT2D eigenvalue weighted by molar-refractivity contribution is -0.135. The summed E-state index contributed by atoms with van der Waals surface area (Å²) in [6.07, 6.45) is 1.74. The van der Waals surface area contributed by atoms with Crippen molar-refractivity contribution in [2.75, 3.05) is 6.79 Å². The lowest BCUT2D eigenvalue weighted by Crippen LogP contribution is -2.33. The topological polar surface area (TPSA) is 51.7 Å². The zero-order chi connectivity index (χ0) is 16.2. The van der Waals surface area contributed by atoms with Gasteiger partial charge in [-0.2, -0.15) is 0 Å². The number of carbonyl (C=O) groups is 1. The second-order valence-electron chi connectivity index (χ2n) is 5.86. The van der Waals surface area contributed by atoms with Crippen LogP contribution in [0.5, 0.6) is 11.5 Å². The maximum Gasteiger partial charge on any atom is 0.231 e. The summed E-state index contributed by atoms with van der Waals surface area (Å²) in [5.74, 6) is 1.53. The molecule has 0 unspecified atom stereocenters. The Bertz CT molecular complexity index is 692. The van der Waals surface area contributed by atoms with Gasteiger partial charge in [0.05, 0.1) is 12.2 Å². The molecule has 2 heterocycles. The maximum absolute atomic E-state index is 12.5. The third-order valence-corrected chi connectivity index (χ3v) is 3.69. The van der Waals surface area contributed by atoms with Crippen molar-refractivity contribution in [1.82, 2.24) is 9.88 Å². The molecule has 128 valence electrons. The van der Waals surface area contributed by atoms with Gasteiger partial charge in [-0.3, -0.25) is 9.78 Å². The molecule has 3 rings (SSSR count). The van der Waals surface area contributed by atoms with Gasteiger partial charge in [0.15, 0.2) is 11.5 Å². The first-order chi connectivity index (χ1) is 11.1. The lowest BCUT2D eigenvalue weighted by Gasteiger charge is -2.24. The Balaban J connectivity index is 0.00000208. The fraction of sp³-hybridized carbons (Fsp3) is 0.333. The molecule has 1 amide bonds. The van der Waals surface area contributed by atoms with Crippen molar-refractivity contribution in [2.24, 2.45) is 5.92 Å². The van der Waals surface area contributed by atoms with E-state index in [-0.39, 0.29) is 31.0 Å². The fourth-order valence-electron chi connectivity index (χ4n) is 2.52. The number of benzene rings is 1. The van der Waals surface area contributed by atoms with Crippen molar-refractivity contribution in [1.29, 1.82) is 0 Å². The molecule has 24 heavy (non-hydrogen) atoms. The van der Waals surface area contributed by atoms with Crippen LogP contribution in [0, 0.1) is 5.92 Å². The number of ether oxygens (including phenoxy) is 2. The molecular formula is C18H21ClN2O3. The fourth-order valence-corrected chi connectivity index (χ4v) is 2.52. The summed E-state index contributed by atoms with van der Waals surface area (Å²) in [4.78, 5) is 18.7. The summed E-state index contributed by atoms with van der Waals surface area (Å²) in [7, 11) is 0. The van der Waals surface area contributed by atoms with Gasteiger partial charge in [-0.15, -0.1) is 12.4 Å². The molecule has 0 aliphatic carbocycles. The SMILES string of the molecule is CC(C)C(=O)N(Cc1ccc2c(c1)OCO2)Cc1ccccn1.Cl. The number of fused-ring (bicyclic) bond motifs is 1. The summed E-state index contributed by atoms with van der Waals surface area (Å²) in [5.41, 5.74) is 1.89. The molecule has 0 saturated carbocycles. The monoisotopic (exact) mass is 348 g/mol. The molecule has 1 aliphatic rings. The number of pyridine rings is 1. The highest BCUT2D eigenvalue weighted by Crippen LogP contribution is 2.33. The number of nitrogens with zero attached hydrogens (tertiary/aromatic N) is 2. The summed E-state index contributed by atoms with van der Waals surface area (Å²) < 4.78 is 10.7. The summed E-state index contributed by atoms with van der Waals surface area (Å²) >= 11 is 0. The molecule has 6 heteroatoms. The van der Waals surface area contributed by atoms with Crippen LogP contribution < -0.4 is 9.47 Å². The van der Waals surface area contributed by atoms with Crippen LogP contribution >= 0.6 is 12.4 Å². The number of rotatable bonds is 5. The molecule has 2 aromatic rings. The maximum atomic E-state index is 12.5. The Hall–Kier alpha value is -2.27. The first-order valence-electron chi connectivity index (χ1n) is 7.70. The highest BCUT2D eigenvalue weighted by atomic mass is 35.5. The molecule has 1 aromatic heterocycles. The standard InChI is InChI=1S/C18H20N2O3.ClH/c1-13(2)18(21)20(11-15-5-3-4-8-19-15)10-14-6-7-16-17(9-14)23-12-22-16;/h3-9,13H,10-12H2,1-2H3;1H. The third-order valence-electron chi connectivity index (χ3n) is 3.69. The number of aromatic nitrogens is 1. The lowest BCUT2D eigenvalue weighted by atomic mass is 10.1. The van der Waals surface area contributed by atoms with Crippen LogP contribution in [0.15, 0.2) is 42.6 Å². The van der Waals surface area contributed by atoms with E-state index < -0.39 is 0 Å². The Morgan fingerprint density at radius 3 is 2.67 bits per heavy atom. The average Bonchev–Trinajstić information content (AvgIpc) is 3.02. The number of hydrogen-bond donors (Lipinski definition) is 0. The van der Waals surface area contributed by atoms with Crippen molar-refractivity contribution in [3.8, 4) is 11.5 Å². The van der Waals surface area contributed by atoms with Crippen molar-refractivity contribution in [3.05, 3.63) is 53.9 Å². The van der Waals surface area contributed by atoms with Crippen molar-refractivity contribution in [3.63, 3.8) is 0 Å². The molecule has 1 aliphatic heterocycles. The van der Waals surface area contributed by atoms with Crippen LogP contribution in [0.25, 0.3) is 0 Å². The molecular weight excluding hydrogens is 328 g/mol. The van der Waals surface area contributed by atoms with E-state index in [0.29, 0.717) is 13.1 Å². The van der Waals surface area contributed by atoms with Gasteiger partial charge in [0.25, 0.3) is 0 Å². The third kappa shape index (κ3) is 4.17. The zero-order valence-corrected chi connectivity index (χ0v) is 14.6. The normalized spacial score (nSPS) is 12.0. The van der Waals surface area contributed by atoms with Gasteiger partial charge in [0.1, 0.15) is 0 Å². The van der Waals surface area contributed by atoms with Gasteiger partial charge < -0.3 is 14.4 Å². The van der Waals surface area contributed by atoms with E-state index >= 15 is 0 Å². The van der Waals surface area contributed by atoms with Crippen molar-refractivity contribution in [2.45, 2.75) is 26.9 Å². The van der Waals surface area contributed by atoms with Gasteiger partial charge >= 0.3 is 0 Å². The van der Waals surface area contributed by atoms with Gasteiger partial charge in [-0.25, -0.2) is 0 Å². The van der Waals surface area contributed by atoms with Gasteiger partial charge in [-0.05, 0) is 29.8 Å². The van der Waals surface area contributed by atoms with E-state index in [1.807, 2.05) is 55.1 Å². The van der Waals surface area contributed by atoms with E-state index in [4.69, 9.17) is 9.47 Å². The zero-order valence-electron chi connectivity index (χ0n) is 13.8. The number of amides is 1. The van der Waals surface area contributed by atoms with E-state index in [2.05, 4.69) is 4.98 Å². The molecule has 0 saturated heterocycles. The van der Waals surface area contributed by atoms with Gasteiger partial charge in [0, 0.05) is 18.7 Å². The predicted molar refractivity (Wildman–Crippen MR) is 93.1 cm³/mol. The highest BCUT2D eigenvalue weighted by molar-refractivity contribution is 5.85. The second-order valence-corrected chi connectivity index (χ2v) is 5.86. The van der Waals surface area contributed by atoms with E-state index in [1.54, 1.807) is 6.20 Å². The minimum Gasteiger partial charge on any atom is -0.454 e. The summed E-state index contributed by atoms with van der Waals surface area (Å²) in [6.45, 7) is 5.08. The van der Waals surface area contributed by atoms with Crippen LogP contribution in [-0.4, -0.2) is 22.6 Å². The average molecular weight is 349 g/mol. The molecule has 1 aromatic carbocycles. The minimum absolute atomic E-state index is 0. The van der Waals surface area contributed by atoms with Crippen LogP contribution in [0.4, 0.5) is 0 Å². The van der Waals surface area contributed by atoms with Crippen LogP contribution in [0.1, 0.15) is 25.1 Å². The quantitative estimate of drug-likeness (QED) is 0.830. The first-order valence-corrected chi connectivity index (χ1v) is 7.70. The van der Waals surface area contributed by atoms with E-state index in [0.717, 1.165) is 22.8 Å². The van der Waals surface area contributed by atoms with Gasteiger partial charge in [-0.1, -0.05) is 26.0 Å². The predicted octanol–water partition coefficient (Wildman–Crippen LogP) is 3.42. The summed E-state index contributed by atoms with van der Waals surface area (Å²) in [5, 5.41) is 0. The highest BCUT2D eigenvalue weighted by Gasteiger charge is 2.20. The molecule has 0 fully saturated rings. The van der Waals surface area contributed by atoms with Crippen molar-refractivity contribution >= 4 is 18.3 Å². The summed E-state index contributed by atoms with van der Waals surface area (Å²) in [6, 6.07) is 11.5. The number of hydrogen-bond acceptors (Lipinski definition) is 4. The molecule has 0 radical (unpaired) electrons. The Morgan fingerprint density at radius 1 is 1.17 bits per heavy atom. The Kier molecular flexibility index (Phi) is 6.04. The molecule has 0 atom stereocenters. The molecule has 0 spiro atoms. The van der Waals surface area contributed by atoms with Gasteiger partial charge in [0.2, 0.25) is 12.7 Å². The largest absolute Gasteiger partial charge is 0.454 e. The first kappa shape index (κ1) is 18.1. The van der Waals surface area contributed by atoms with E-state index in [9.17, 15) is 4.79 Å². The van der Waals surface area contributed by atoms with Crippen LogP contribution in [-0.2, 0) is 17.9 Å². The Morgan fingerprint density at radius 2 is 1.96 bits per heavy atom. The smallest absolute Gasteiger partial charge is 0.231 e. The number of carbonyl (C=O) groups excluding carboxylic acids is 1. The molecule has 5 nitrogen and oxygen atoms in total. The second kappa shape index (κ2) is 8.02. The number of halogens is 1. The molecule has 0 N–H and O–H groups in total. The minimum atomic E-state index is -0.0623.